The van der Waals surface area contributed by atoms with Crippen LogP contribution in [0.5, 0.6) is 0 Å². The molecule has 0 saturated carbocycles. The van der Waals surface area contributed by atoms with Crippen molar-refractivity contribution in [3.8, 4) is 0 Å². The summed E-state index contributed by atoms with van der Waals surface area (Å²) in [6.45, 7) is 0.758. The fourth-order valence-corrected chi connectivity index (χ4v) is 1.16. The standard InChI is InChI=1S/C11H15N3O3/c1-17-8-10(15)13-5-6-14-11(16)9-3-2-4-12-7-9/h2-4,7H,5-6,8H2,1H3,(H,13,15)(H,14,16). The van der Waals surface area contributed by atoms with Crippen LogP contribution in [0.15, 0.2) is 24.5 Å². The van der Waals surface area contributed by atoms with Crippen molar-refractivity contribution in [1.29, 1.82) is 0 Å². The van der Waals surface area contributed by atoms with Crippen LogP contribution in [0.3, 0.4) is 0 Å². The van der Waals surface area contributed by atoms with Crippen LogP contribution in [0.25, 0.3) is 0 Å². The van der Waals surface area contributed by atoms with Crippen molar-refractivity contribution in [2.24, 2.45) is 0 Å². The number of hydrogen-bond acceptors (Lipinski definition) is 4. The maximum absolute atomic E-state index is 11.5. The van der Waals surface area contributed by atoms with E-state index in [4.69, 9.17) is 0 Å². The Balaban J connectivity index is 2.19. The summed E-state index contributed by atoms with van der Waals surface area (Å²) >= 11 is 0. The van der Waals surface area contributed by atoms with E-state index in [1.807, 2.05) is 0 Å². The number of aromatic nitrogens is 1. The summed E-state index contributed by atoms with van der Waals surface area (Å²) in [5.41, 5.74) is 0.496. The molecule has 0 aliphatic heterocycles. The topological polar surface area (TPSA) is 80.3 Å². The molecule has 2 amide bonds. The number of methoxy groups -OCH3 is 1. The highest BCUT2D eigenvalue weighted by Crippen LogP contribution is 1.93. The average molecular weight is 237 g/mol. The number of amides is 2. The van der Waals surface area contributed by atoms with E-state index in [-0.39, 0.29) is 18.4 Å². The highest BCUT2D eigenvalue weighted by Gasteiger charge is 2.04. The van der Waals surface area contributed by atoms with Gasteiger partial charge in [-0.05, 0) is 12.1 Å². The number of nitrogens with zero attached hydrogens (tertiary/aromatic N) is 1. The molecule has 17 heavy (non-hydrogen) atoms. The molecule has 0 aliphatic carbocycles. The number of pyridine rings is 1. The molecule has 0 aromatic carbocycles. The van der Waals surface area contributed by atoms with E-state index in [9.17, 15) is 9.59 Å². The Morgan fingerprint density at radius 1 is 1.35 bits per heavy atom. The summed E-state index contributed by atoms with van der Waals surface area (Å²) in [4.78, 5) is 26.4. The molecule has 0 saturated heterocycles. The van der Waals surface area contributed by atoms with E-state index >= 15 is 0 Å². The molecule has 0 spiro atoms. The first-order chi connectivity index (χ1) is 8.24. The largest absolute Gasteiger partial charge is 0.375 e. The summed E-state index contributed by atoms with van der Waals surface area (Å²) in [6, 6.07) is 3.36. The normalized spacial score (nSPS) is 9.71. The maximum atomic E-state index is 11.5. The van der Waals surface area contributed by atoms with Crippen LogP contribution in [0.2, 0.25) is 0 Å². The fraction of sp³-hybridized carbons (Fsp3) is 0.364. The third kappa shape index (κ3) is 5.07. The molecule has 2 N–H and O–H groups in total. The van der Waals surface area contributed by atoms with Gasteiger partial charge in [-0.2, -0.15) is 0 Å². The molecule has 0 unspecified atom stereocenters. The molecule has 0 atom stereocenters. The summed E-state index contributed by atoms with van der Waals surface area (Å²) in [5.74, 6) is -0.415. The predicted octanol–water partition coefficient (Wildman–Crippen LogP) is -0.426. The molecule has 6 nitrogen and oxygen atoms in total. The molecule has 0 radical (unpaired) electrons. The molecule has 1 rings (SSSR count). The molecule has 1 heterocycles. The monoisotopic (exact) mass is 237 g/mol. The number of rotatable bonds is 6. The second-order valence-electron chi connectivity index (χ2n) is 3.28. The predicted molar refractivity (Wildman–Crippen MR) is 61.5 cm³/mol. The minimum atomic E-state index is -0.209. The average Bonchev–Trinajstić information content (AvgIpc) is 2.36. The van der Waals surface area contributed by atoms with E-state index in [1.165, 1.54) is 13.3 Å². The summed E-state index contributed by atoms with van der Waals surface area (Å²) < 4.78 is 4.64. The van der Waals surface area contributed by atoms with Crippen LogP contribution < -0.4 is 10.6 Å². The van der Waals surface area contributed by atoms with Gasteiger partial charge in [-0.1, -0.05) is 0 Å². The van der Waals surface area contributed by atoms with E-state index in [0.717, 1.165) is 0 Å². The zero-order valence-electron chi connectivity index (χ0n) is 9.60. The van der Waals surface area contributed by atoms with E-state index in [1.54, 1.807) is 18.3 Å². The summed E-state index contributed by atoms with van der Waals surface area (Å²) in [6.07, 6.45) is 3.08. The molecular weight excluding hydrogens is 222 g/mol. The van der Waals surface area contributed by atoms with Crippen molar-refractivity contribution in [2.75, 3.05) is 26.8 Å². The quantitative estimate of drug-likeness (QED) is 0.658. The molecule has 0 bridgehead atoms. The van der Waals surface area contributed by atoms with Crippen LogP contribution >= 0.6 is 0 Å². The number of carbonyl (C=O) groups excluding carboxylic acids is 2. The number of ether oxygens (including phenoxy) is 1. The van der Waals surface area contributed by atoms with Crippen molar-refractivity contribution < 1.29 is 14.3 Å². The zero-order valence-corrected chi connectivity index (χ0v) is 9.60. The van der Waals surface area contributed by atoms with Gasteiger partial charge in [0.15, 0.2) is 0 Å². The van der Waals surface area contributed by atoms with Gasteiger partial charge in [-0.3, -0.25) is 14.6 Å². The van der Waals surface area contributed by atoms with Gasteiger partial charge in [-0.25, -0.2) is 0 Å². The van der Waals surface area contributed by atoms with E-state index in [0.29, 0.717) is 18.7 Å². The van der Waals surface area contributed by atoms with E-state index in [2.05, 4.69) is 20.4 Å². The molecular formula is C11H15N3O3. The van der Waals surface area contributed by atoms with Crippen molar-refractivity contribution in [3.05, 3.63) is 30.1 Å². The number of hydrogen-bond donors (Lipinski definition) is 2. The van der Waals surface area contributed by atoms with Gasteiger partial charge >= 0.3 is 0 Å². The first kappa shape index (κ1) is 13.1. The Morgan fingerprint density at radius 3 is 2.76 bits per heavy atom. The lowest BCUT2D eigenvalue weighted by atomic mass is 10.3. The molecule has 0 aliphatic rings. The minimum absolute atomic E-state index is 0.0244. The van der Waals surface area contributed by atoms with Gasteiger partial charge in [0.2, 0.25) is 5.91 Å². The van der Waals surface area contributed by atoms with Crippen molar-refractivity contribution >= 4 is 11.8 Å². The third-order valence-electron chi connectivity index (χ3n) is 1.93. The number of nitrogens with one attached hydrogen (secondary N) is 2. The van der Waals surface area contributed by atoms with Crippen LogP contribution in [0.1, 0.15) is 10.4 Å². The lowest BCUT2D eigenvalue weighted by Gasteiger charge is -2.06. The maximum Gasteiger partial charge on any atom is 0.252 e. The van der Waals surface area contributed by atoms with Gasteiger partial charge in [0.25, 0.3) is 5.91 Å². The van der Waals surface area contributed by atoms with Crippen LogP contribution in [0.4, 0.5) is 0 Å². The van der Waals surface area contributed by atoms with Gasteiger partial charge < -0.3 is 15.4 Å². The van der Waals surface area contributed by atoms with Crippen LogP contribution in [-0.4, -0.2) is 43.6 Å². The van der Waals surface area contributed by atoms with Gasteiger partial charge in [0.1, 0.15) is 6.61 Å². The minimum Gasteiger partial charge on any atom is -0.375 e. The lowest BCUT2D eigenvalue weighted by molar-refractivity contribution is -0.124. The van der Waals surface area contributed by atoms with Crippen molar-refractivity contribution in [3.63, 3.8) is 0 Å². The molecule has 6 heteroatoms. The van der Waals surface area contributed by atoms with Crippen molar-refractivity contribution in [2.45, 2.75) is 0 Å². The third-order valence-corrected chi connectivity index (χ3v) is 1.93. The Morgan fingerprint density at radius 2 is 2.12 bits per heavy atom. The molecule has 1 aromatic rings. The van der Waals surface area contributed by atoms with Gasteiger partial charge in [-0.15, -0.1) is 0 Å². The van der Waals surface area contributed by atoms with Crippen molar-refractivity contribution in [1.82, 2.24) is 15.6 Å². The fourth-order valence-electron chi connectivity index (χ4n) is 1.16. The molecule has 92 valence electrons. The smallest absolute Gasteiger partial charge is 0.252 e. The SMILES string of the molecule is COCC(=O)NCCNC(=O)c1cccnc1. The first-order valence-electron chi connectivity index (χ1n) is 5.18. The van der Waals surface area contributed by atoms with E-state index < -0.39 is 0 Å². The first-order valence-corrected chi connectivity index (χ1v) is 5.18. The van der Waals surface area contributed by atoms with Crippen LogP contribution in [-0.2, 0) is 9.53 Å². The molecule has 0 fully saturated rings. The second kappa shape index (κ2) is 7.34. The van der Waals surface area contributed by atoms with Crippen LogP contribution in [0, 0.1) is 0 Å². The Bertz CT molecular complexity index is 367. The highest BCUT2D eigenvalue weighted by atomic mass is 16.5. The Hall–Kier alpha value is -1.95. The van der Waals surface area contributed by atoms with Gasteiger partial charge in [0, 0.05) is 32.6 Å². The summed E-state index contributed by atoms with van der Waals surface area (Å²) in [7, 11) is 1.45. The molecule has 1 aromatic heterocycles. The zero-order chi connectivity index (χ0) is 12.5. The Kier molecular flexibility index (Phi) is 5.67. The summed E-state index contributed by atoms with van der Waals surface area (Å²) in [5, 5.41) is 5.26. The number of carbonyl (C=O) groups is 2. The Labute approximate surface area is 99.4 Å². The lowest BCUT2D eigenvalue weighted by Crippen LogP contribution is -2.36. The highest BCUT2D eigenvalue weighted by molar-refractivity contribution is 5.93. The van der Waals surface area contributed by atoms with Gasteiger partial charge in [0.05, 0.1) is 5.56 Å². The second-order valence-corrected chi connectivity index (χ2v) is 3.28.